The smallest absolute Gasteiger partial charge is 0.285 e. The molecule has 1 aliphatic rings. The molecule has 2 aromatic rings. The summed E-state index contributed by atoms with van der Waals surface area (Å²) in [6.07, 6.45) is 1.72. The zero-order valence-corrected chi connectivity index (χ0v) is 19.5. The first-order valence-corrected chi connectivity index (χ1v) is 11.3. The molecule has 1 N–H and O–H groups in total. The van der Waals surface area contributed by atoms with Crippen molar-refractivity contribution >= 4 is 80.1 Å². The number of methoxy groups -OCH3 is 1. The summed E-state index contributed by atoms with van der Waals surface area (Å²) in [6, 6.07) is 7.14. The largest absolute Gasteiger partial charge is 0.493 e. The van der Waals surface area contributed by atoms with Crippen molar-refractivity contribution in [2.24, 2.45) is 0 Å². The van der Waals surface area contributed by atoms with Crippen molar-refractivity contribution in [1.29, 1.82) is 0 Å². The highest BCUT2D eigenvalue weighted by atomic mass is 127. The van der Waals surface area contributed by atoms with Gasteiger partial charge in [0.2, 0.25) is 0 Å². The summed E-state index contributed by atoms with van der Waals surface area (Å²) >= 11 is 9.84. The Hall–Kier alpha value is -1.63. The van der Waals surface area contributed by atoms with Gasteiger partial charge in [0.15, 0.2) is 15.8 Å². The number of hydrogen-bond acceptors (Lipinski definition) is 7. The van der Waals surface area contributed by atoms with Crippen LogP contribution < -0.4 is 14.9 Å². The SMILES string of the molecule is CCOc1c(I)cc(/C=C2/SC(=S)N(NC(=O)c3cccs3)C2=O)cc1OC. The third-order valence-electron chi connectivity index (χ3n) is 3.59. The van der Waals surface area contributed by atoms with Gasteiger partial charge in [-0.2, -0.15) is 5.01 Å². The minimum atomic E-state index is -0.372. The molecule has 0 radical (unpaired) electrons. The Morgan fingerprint density at radius 3 is 2.86 bits per heavy atom. The molecule has 6 nitrogen and oxygen atoms in total. The van der Waals surface area contributed by atoms with E-state index >= 15 is 0 Å². The van der Waals surface area contributed by atoms with Crippen molar-refractivity contribution < 1.29 is 19.1 Å². The van der Waals surface area contributed by atoms with E-state index in [9.17, 15) is 9.59 Å². The van der Waals surface area contributed by atoms with Crippen LogP contribution in [0.15, 0.2) is 34.6 Å². The number of hydrazine groups is 1. The third-order valence-corrected chi connectivity index (χ3v) is 6.56. The normalized spacial score (nSPS) is 15.2. The molecule has 2 amide bonds. The van der Waals surface area contributed by atoms with Gasteiger partial charge in [-0.25, -0.2) is 0 Å². The topological polar surface area (TPSA) is 67.9 Å². The van der Waals surface area contributed by atoms with Crippen molar-refractivity contribution in [3.05, 3.63) is 48.6 Å². The number of benzene rings is 1. The highest BCUT2D eigenvalue weighted by Gasteiger charge is 2.34. The van der Waals surface area contributed by atoms with Crippen molar-refractivity contribution in [3.63, 3.8) is 0 Å². The molecule has 2 heterocycles. The molecule has 1 aromatic carbocycles. The molecular formula is C18H15IN2O4S3. The molecule has 0 atom stereocenters. The maximum Gasteiger partial charge on any atom is 0.285 e. The summed E-state index contributed by atoms with van der Waals surface area (Å²) in [6.45, 7) is 2.42. The second-order valence-corrected chi connectivity index (χ2v) is 9.19. The van der Waals surface area contributed by atoms with Gasteiger partial charge in [0.05, 0.1) is 27.1 Å². The van der Waals surface area contributed by atoms with Gasteiger partial charge < -0.3 is 9.47 Å². The standard InChI is InChI=1S/C18H15IN2O4S3/c1-3-25-15-11(19)7-10(8-12(15)24-2)9-14-17(23)21(18(26)28-14)20-16(22)13-5-4-6-27-13/h4-9H,3H2,1-2H3,(H,20,22)/b14-9+. The summed E-state index contributed by atoms with van der Waals surface area (Å²) in [4.78, 5) is 25.9. The number of thiophene rings is 1. The van der Waals surface area contributed by atoms with Crippen LogP contribution in [0.1, 0.15) is 22.2 Å². The predicted molar refractivity (Wildman–Crippen MR) is 124 cm³/mol. The molecule has 1 aliphatic heterocycles. The molecule has 0 bridgehead atoms. The van der Waals surface area contributed by atoms with Crippen molar-refractivity contribution in [2.75, 3.05) is 13.7 Å². The van der Waals surface area contributed by atoms with Gasteiger partial charge in [-0.1, -0.05) is 17.8 Å². The van der Waals surface area contributed by atoms with Crippen LogP contribution >= 0.6 is 57.9 Å². The molecule has 146 valence electrons. The van der Waals surface area contributed by atoms with Gasteiger partial charge in [0, 0.05) is 0 Å². The number of nitrogens with zero attached hydrogens (tertiary/aromatic N) is 1. The minimum Gasteiger partial charge on any atom is -0.493 e. The first kappa shape index (κ1) is 21.1. The van der Waals surface area contributed by atoms with E-state index in [1.165, 1.54) is 11.3 Å². The number of hydrogen-bond donors (Lipinski definition) is 1. The number of ether oxygens (including phenoxy) is 2. The second kappa shape index (κ2) is 9.25. The molecule has 0 unspecified atom stereocenters. The van der Waals surface area contributed by atoms with E-state index in [0.717, 1.165) is 25.9 Å². The van der Waals surface area contributed by atoms with Crippen molar-refractivity contribution in [3.8, 4) is 11.5 Å². The van der Waals surface area contributed by atoms with Gasteiger partial charge in [0.25, 0.3) is 11.8 Å². The molecular weight excluding hydrogens is 531 g/mol. The van der Waals surface area contributed by atoms with Crippen LogP contribution in [0.2, 0.25) is 0 Å². The van der Waals surface area contributed by atoms with E-state index in [2.05, 4.69) is 28.0 Å². The number of amides is 2. The summed E-state index contributed by atoms with van der Waals surface area (Å²) in [5.74, 6) is 0.507. The van der Waals surface area contributed by atoms with Crippen LogP contribution in [-0.2, 0) is 4.79 Å². The van der Waals surface area contributed by atoms with Gasteiger partial charge in [-0.05, 0) is 77.0 Å². The van der Waals surface area contributed by atoms with Crippen LogP contribution in [0, 0.1) is 3.57 Å². The lowest BCUT2D eigenvalue weighted by molar-refractivity contribution is -0.123. The highest BCUT2D eigenvalue weighted by Crippen LogP contribution is 2.37. The van der Waals surface area contributed by atoms with Crippen LogP contribution in [0.3, 0.4) is 0 Å². The van der Waals surface area contributed by atoms with Gasteiger partial charge in [-0.15, -0.1) is 11.3 Å². The number of thioether (sulfide) groups is 1. The highest BCUT2D eigenvalue weighted by molar-refractivity contribution is 14.1. The summed E-state index contributed by atoms with van der Waals surface area (Å²) in [5, 5.41) is 2.89. The van der Waals surface area contributed by atoms with Gasteiger partial charge in [0.1, 0.15) is 0 Å². The van der Waals surface area contributed by atoms with E-state index in [1.807, 2.05) is 13.0 Å². The van der Waals surface area contributed by atoms with Gasteiger partial charge >= 0.3 is 0 Å². The van der Waals surface area contributed by atoms with Gasteiger partial charge in [-0.3, -0.25) is 15.0 Å². The average Bonchev–Trinajstić information content (AvgIpc) is 3.29. The fraction of sp³-hybridized carbons (Fsp3) is 0.167. The van der Waals surface area contributed by atoms with Crippen LogP contribution in [-0.4, -0.2) is 34.9 Å². The fourth-order valence-corrected chi connectivity index (χ4v) is 4.96. The number of nitrogens with one attached hydrogen (secondary N) is 1. The Kier molecular flexibility index (Phi) is 6.96. The fourth-order valence-electron chi connectivity index (χ4n) is 2.39. The number of thiocarbonyl (C=S) groups is 1. The van der Waals surface area contributed by atoms with E-state index in [0.29, 0.717) is 27.9 Å². The lowest BCUT2D eigenvalue weighted by Gasteiger charge is -2.14. The Morgan fingerprint density at radius 2 is 2.21 bits per heavy atom. The maximum atomic E-state index is 12.7. The summed E-state index contributed by atoms with van der Waals surface area (Å²) < 4.78 is 12.2. The van der Waals surface area contributed by atoms with Crippen LogP contribution in [0.25, 0.3) is 6.08 Å². The average molecular weight is 546 g/mol. The number of halogens is 1. The molecule has 28 heavy (non-hydrogen) atoms. The van der Waals surface area contributed by atoms with E-state index in [1.54, 1.807) is 36.8 Å². The molecule has 10 heteroatoms. The van der Waals surface area contributed by atoms with Crippen molar-refractivity contribution in [2.45, 2.75) is 6.92 Å². The molecule has 1 aromatic heterocycles. The summed E-state index contributed by atoms with van der Waals surface area (Å²) in [5.41, 5.74) is 3.34. The molecule has 1 saturated heterocycles. The molecule has 0 aliphatic carbocycles. The number of rotatable bonds is 6. The molecule has 0 spiro atoms. The Morgan fingerprint density at radius 1 is 1.43 bits per heavy atom. The van der Waals surface area contributed by atoms with E-state index in [4.69, 9.17) is 21.7 Å². The first-order chi connectivity index (χ1) is 13.4. The zero-order chi connectivity index (χ0) is 20.3. The quantitative estimate of drug-likeness (QED) is 0.331. The third kappa shape index (κ3) is 4.50. The Labute approximate surface area is 189 Å². The first-order valence-electron chi connectivity index (χ1n) is 8.07. The maximum absolute atomic E-state index is 12.7. The molecule has 0 saturated carbocycles. The Bertz CT molecular complexity index is 960. The number of carbonyl (C=O) groups is 2. The van der Waals surface area contributed by atoms with Crippen molar-refractivity contribution in [1.82, 2.24) is 10.4 Å². The lowest BCUT2D eigenvalue weighted by Crippen LogP contribution is -2.44. The minimum absolute atomic E-state index is 0.272. The monoisotopic (exact) mass is 546 g/mol. The molecule has 3 rings (SSSR count). The Balaban J connectivity index is 1.83. The summed E-state index contributed by atoms with van der Waals surface area (Å²) in [7, 11) is 1.57. The van der Waals surface area contributed by atoms with E-state index in [-0.39, 0.29) is 16.1 Å². The van der Waals surface area contributed by atoms with Crippen LogP contribution in [0.5, 0.6) is 11.5 Å². The molecule has 1 fully saturated rings. The zero-order valence-electron chi connectivity index (χ0n) is 14.9. The number of carbonyl (C=O) groups excluding carboxylic acids is 2. The van der Waals surface area contributed by atoms with Crippen LogP contribution in [0.4, 0.5) is 0 Å². The predicted octanol–water partition coefficient (Wildman–Crippen LogP) is 4.31. The van der Waals surface area contributed by atoms with E-state index < -0.39 is 0 Å². The lowest BCUT2D eigenvalue weighted by atomic mass is 10.2. The second-order valence-electron chi connectivity index (χ2n) is 5.40.